The van der Waals surface area contributed by atoms with Crippen molar-refractivity contribution in [1.82, 2.24) is 5.32 Å². The number of benzene rings is 2. The van der Waals surface area contributed by atoms with E-state index in [0.717, 1.165) is 0 Å². The van der Waals surface area contributed by atoms with Gasteiger partial charge in [0.05, 0.1) is 10.5 Å². The van der Waals surface area contributed by atoms with Crippen molar-refractivity contribution in [2.75, 3.05) is 0 Å². The van der Waals surface area contributed by atoms with Gasteiger partial charge in [-0.25, -0.2) is 4.79 Å². The van der Waals surface area contributed by atoms with Crippen molar-refractivity contribution in [3.8, 4) is 11.5 Å². The van der Waals surface area contributed by atoms with Gasteiger partial charge in [-0.2, -0.15) is 0 Å². The van der Waals surface area contributed by atoms with E-state index in [0.29, 0.717) is 0 Å². The summed E-state index contributed by atoms with van der Waals surface area (Å²) in [6.07, 6.45) is -2.13. The van der Waals surface area contributed by atoms with Crippen LogP contribution in [-0.4, -0.2) is 28.3 Å². The lowest BCUT2D eigenvalue weighted by Gasteiger charge is -2.15. The summed E-state index contributed by atoms with van der Waals surface area (Å²) in [6.45, 7) is 1.40. The summed E-state index contributed by atoms with van der Waals surface area (Å²) in [4.78, 5) is 33.6. The minimum Gasteiger partial charge on any atom is -0.507 e. The van der Waals surface area contributed by atoms with Gasteiger partial charge in [-0.3, -0.25) is 14.9 Å². The number of phenols is 1. The molecule has 2 aromatic rings. The predicted molar refractivity (Wildman–Crippen MR) is 85.2 cm³/mol. The molecule has 0 saturated heterocycles. The van der Waals surface area contributed by atoms with Crippen molar-refractivity contribution < 1.29 is 29.1 Å². The summed E-state index contributed by atoms with van der Waals surface area (Å²) in [5, 5.41) is 22.5. The zero-order valence-electron chi connectivity index (χ0n) is 13.0. The number of nitrogens with zero attached hydrogens (tertiary/aromatic N) is 1. The fourth-order valence-electron chi connectivity index (χ4n) is 1.86. The number of nitrogens with one attached hydrogen (secondary N) is 1. The molecule has 2 rings (SSSR count). The zero-order chi connectivity index (χ0) is 18.4. The fraction of sp³-hybridized carbons (Fsp3) is 0.125. The third-order valence-corrected chi connectivity index (χ3v) is 3.00. The zero-order valence-corrected chi connectivity index (χ0v) is 13.0. The molecule has 0 bridgehead atoms. The highest BCUT2D eigenvalue weighted by atomic mass is 16.7. The van der Waals surface area contributed by atoms with Gasteiger partial charge in [0.2, 0.25) is 0 Å². The topological polar surface area (TPSA) is 128 Å². The molecule has 1 amide bonds. The highest BCUT2D eigenvalue weighted by Crippen LogP contribution is 2.18. The molecule has 2 N–H and O–H groups in total. The Balaban J connectivity index is 1.88. The van der Waals surface area contributed by atoms with E-state index in [1.54, 1.807) is 12.1 Å². The van der Waals surface area contributed by atoms with E-state index >= 15 is 0 Å². The maximum absolute atomic E-state index is 11.9. The second-order valence-electron chi connectivity index (χ2n) is 4.85. The highest BCUT2D eigenvalue weighted by molar-refractivity contribution is 5.96. The quantitative estimate of drug-likeness (QED) is 0.280. The standard InChI is InChI=1S/C16H14N2O7/c1-10(17-15(20)13-4-2-3-5-14(13)19)24-16(21)25-12-8-6-11(7-9-12)18(22)23/h2-10,19H,1H3,(H,17,20). The summed E-state index contributed by atoms with van der Waals surface area (Å²) >= 11 is 0. The van der Waals surface area contributed by atoms with E-state index in [1.165, 1.54) is 43.3 Å². The molecule has 0 fully saturated rings. The van der Waals surface area contributed by atoms with Crippen molar-refractivity contribution in [2.45, 2.75) is 13.2 Å². The molecule has 0 aromatic heterocycles. The van der Waals surface area contributed by atoms with Crippen LogP contribution in [0.3, 0.4) is 0 Å². The smallest absolute Gasteiger partial charge is 0.507 e. The SMILES string of the molecule is CC(NC(=O)c1ccccc1O)OC(=O)Oc1ccc([N+](=O)[O-])cc1. The second-order valence-corrected chi connectivity index (χ2v) is 4.85. The highest BCUT2D eigenvalue weighted by Gasteiger charge is 2.17. The summed E-state index contributed by atoms with van der Waals surface area (Å²) in [5.41, 5.74) is -0.120. The number of nitro benzene ring substituents is 1. The Kier molecular flexibility index (Phi) is 5.51. The second kappa shape index (κ2) is 7.77. The minimum absolute atomic E-state index is 0.0293. The summed E-state index contributed by atoms with van der Waals surface area (Å²) in [6, 6.07) is 10.7. The number of hydrogen-bond donors (Lipinski definition) is 2. The third-order valence-electron chi connectivity index (χ3n) is 3.00. The number of phenolic OH excluding ortho intramolecular Hbond substituents is 1. The molecule has 0 aliphatic heterocycles. The molecule has 0 radical (unpaired) electrons. The molecule has 0 aliphatic rings. The average Bonchev–Trinajstić information content (AvgIpc) is 2.55. The van der Waals surface area contributed by atoms with Gasteiger partial charge < -0.3 is 19.9 Å². The van der Waals surface area contributed by atoms with Crippen LogP contribution < -0.4 is 10.1 Å². The first-order chi connectivity index (χ1) is 11.9. The van der Waals surface area contributed by atoms with Gasteiger partial charge in [-0.1, -0.05) is 12.1 Å². The van der Waals surface area contributed by atoms with Crippen molar-refractivity contribution in [2.24, 2.45) is 0 Å². The molecular formula is C16H14N2O7. The van der Waals surface area contributed by atoms with Crippen LogP contribution in [0.4, 0.5) is 10.5 Å². The third kappa shape index (κ3) is 4.93. The molecule has 9 heteroatoms. The van der Waals surface area contributed by atoms with Crippen LogP contribution in [0.5, 0.6) is 11.5 Å². The monoisotopic (exact) mass is 346 g/mol. The molecule has 0 heterocycles. The molecule has 0 aliphatic carbocycles. The normalized spacial score (nSPS) is 11.2. The van der Waals surface area contributed by atoms with Crippen LogP contribution in [0.15, 0.2) is 48.5 Å². The Morgan fingerprint density at radius 3 is 2.40 bits per heavy atom. The van der Waals surface area contributed by atoms with Crippen molar-refractivity contribution in [3.05, 3.63) is 64.2 Å². The molecule has 0 spiro atoms. The van der Waals surface area contributed by atoms with Crippen LogP contribution in [0.1, 0.15) is 17.3 Å². The molecule has 25 heavy (non-hydrogen) atoms. The lowest BCUT2D eigenvalue weighted by Crippen LogP contribution is -2.36. The van der Waals surface area contributed by atoms with E-state index in [4.69, 9.17) is 9.47 Å². The average molecular weight is 346 g/mol. The summed E-state index contributed by atoms with van der Waals surface area (Å²) in [7, 11) is 0. The van der Waals surface area contributed by atoms with E-state index in [2.05, 4.69) is 5.32 Å². The molecule has 9 nitrogen and oxygen atoms in total. The van der Waals surface area contributed by atoms with Gasteiger partial charge in [0.25, 0.3) is 11.6 Å². The Hall–Kier alpha value is -3.62. The number of hydrogen-bond acceptors (Lipinski definition) is 7. The van der Waals surface area contributed by atoms with Crippen molar-refractivity contribution >= 4 is 17.7 Å². The first kappa shape index (κ1) is 17.7. The van der Waals surface area contributed by atoms with Gasteiger partial charge >= 0.3 is 6.16 Å². The van der Waals surface area contributed by atoms with E-state index in [1.807, 2.05) is 0 Å². The molecular weight excluding hydrogens is 332 g/mol. The van der Waals surface area contributed by atoms with Crippen LogP contribution in [0.25, 0.3) is 0 Å². The van der Waals surface area contributed by atoms with Crippen molar-refractivity contribution in [3.63, 3.8) is 0 Å². The molecule has 1 atom stereocenters. The minimum atomic E-state index is -1.10. The maximum Gasteiger partial charge on any atom is 0.515 e. The van der Waals surface area contributed by atoms with Crippen molar-refractivity contribution in [1.29, 1.82) is 0 Å². The number of para-hydroxylation sites is 1. The van der Waals surface area contributed by atoms with Gasteiger partial charge in [-0.15, -0.1) is 0 Å². The van der Waals surface area contributed by atoms with Crippen LogP contribution in [0.2, 0.25) is 0 Å². The largest absolute Gasteiger partial charge is 0.515 e. The van der Waals surface area contributed by atoms with Gasteiger partial charge in [-0.05, 0) is 31.2 Å². The number of amides is 1. The molecule has 130 valence electrons. The number of ether oxygens (including phenoxy) is 2. The Morgan fingerprint density at radius 2 is 1.80 bits per heavy atom. The number of carbonyl (C=O) groups excluding carboxylic acids is 2. The molecule has 0 saturated carbocycles. The van der Waals surface area contributed by atoms with E-state index < -0.39 is 23.2 Å². The van der Waals surface area contributed by atoms with Crippen LogP contribution in [-0.2, 0) is 4.74 Å². The van der Waals surface area contributed by atoms with Gasteiger partial charge in [0, 0.05) is 12.1 Å². The van der Waals surface area contributed by atoms with E-state index in [-0.39, 0.29) is 22.7 Å². The first-order valence-corrected chi connectivity index (χ1v) is 7.08. The maximum atomic E-state index is 11.9. The lowest BCUT2D eigenvalue weighted by molar-refractivity contribution is -0.384. The van der Waals surface area contributed by atoms with E-state index in [9.17, 15) is 24.8 Å². The fourth-order valence-corrected chi connectivity index (χ4v) is 1.86. The predicted octanol–water partition coefficient (Wildman–Crippen LogP) is 2.59. The number of nitro groups is 1. The van der Waals surface area contributed by atoms with Crippen LogP contribution >= 0.6 is 0 Å². The number of rotatable bonds is 5. The van der Waals surface area contributed by atoms with Gasteiger partial charge in [0.1, 0.15) is 11.5 Å². The van der Waals surface area contributed by atoms with Crippen LogP contribution in [0, 0.1) is 10.1 Å². The molecule has 2 aromatic carbocycles. The number of aromatic hydroxyl groups is 1. The Labute approximate surface area is 141 Å². The summed E-state index contributed by atoms with van der Waals surface area (Å²) < 4.78 is 9.70. The van der Waals surface area contributed by atoms with Gasteiger partial charge in [0.15, 0.2) is 6.23 Å². The first-order valence-electron chi connectivity index (χ1n) is 7.08. The summed E-state index contributed by atoms with van der Waals surface area (Å²) in [5.74, 6) is -0.788. The number of non-ortho nitro benzene ring substituents is 1. The Bertz CT molecular complexity index is 789. The number of carbonyl (C=O) groups is 2. The lowest BCUT2D eigenvalue weighted by atomic mass is 10.2. The molecule has 1 unspecified atom stereocenters. The Morgan fingerprint density at radius 1 is 1.16 bits per heavy atom.